The summed E-state index contributed by atoms with van der Waals surface area (Å²) in [5.74, 6) is 0.546. The molecule has 1 amide bonds. The molecular weight excluding hydrogens is 462 g/mol. The highest BCUT2D eigenvalue weighted by atomic mass is 32.2. The van der Waals surface area contributed by atoms with Crippen molar-refractivity contribution in [3.8, 4) is 0 Å². The second-order valence-electron chi connectivity index (χ2n) is 8.83. The lowest BCUT2D eigenvalue weighted by atomic mass is 9.96. The Kier molecular flexibility index (Phi) is 6.78. The SMILES string of the molecule is CC(C)n1c(=O)sc2cc(S(=O)(=O)N3CCC(C(=O)N[C@@H](C)Cc4ccco4)CC3)ccc21. The van der Waals surface area contributed by atoms with Gasteiger partial charge in [0.15, 0.2) is 0 Å². The molecule has 2 aromatic heterocycles. The van der Waals surface area contributed by atoms with Crippen LogP contribution >= 0.6 is 11.3 Å². The van der Waals surface area contributed by atoms with E-state index in [0.29, 0.717) is 24.0 Å². The highest BCUT2D eigenvalue weighted by Gasteiger charge is 2.32. The number of nitrogens with zero attached hydrogens (tertiary/aromatic N) is 2. The average Bonchev–Trinajstić information content (AvgIpc) is 3.39. The normalized spacial score (nSPS) is 17.0. The molecule has 1 fully saturated rings. The molecule has 1 saturated heterocycles. The molecule has 3 heterocycles. The second kappa shape index (κ2) is 9.44. The first kappa shape index (κ1) is 23.7. The van der Waals surface area contributed by atoms with Crippen LogP contribution in [0.15, 0.2) is 50.7 Å². The number of carbonyl (C=O) groups is 1. The fraction of sp³-hybridized carbons (Fsp3) is 0.478. The molecule has 4 rings (SSSR count). The molecule has 1 aliphatic heterocycles. The van der Waals surface area contributed by atoms with Crippen LogP contribution in [0.3, 0.4) is 0 Å². The first-order valence-corrected chi connectivity index (χ1v) is 13.4. The number of hydrogen-bond acceptors (Lipinski definition) is 6. The number of thiazole rings is 1. The molecule has 0 bridgehead atoms. The van der Waals surface area contributed by atoms with E-state index in [1.807, 2.05) is 32.9 Å². The molecule has 1 N–H and O–H groups in total. The number of sulfonamides is 1. The van der Waals surface area contributed by atoms with E-state index in [-0.39, 0.29) is 46.8 Å². The van der Waals surface area contributed by atoms with Crippen molar-refractivity contribution < 1.29 is 17.6 Å². The van der Waals surface area contributed by atoms with Crippen molar-refractivity contribution in [1.82, 2.24) is 14.2 Å². The summed E-state index contributed by atoms with van der Waals surface area (Å²) in [6.45, 7) is 6.35. The third-order valence-electron chi connectivity index (χ3n) is 6.04. The maximum atomic E-state index is 13.2. The number of nitrogens with one attached hydrogen (secondary N) is 1. The lowest BCUT2D eigenvalue weighted by molar-refractivity contribution is -0.126. The molecule has 0 aliphatic carbocycles. The number of piperidine rings is 1. The number of benzene rings is 1. The number of hydrogen-bond donors (Lipinski definition) is 1. The maximum absolute atomic E-state index is 13.2. The molecule has 0 unspecified atom stereocenters. The van der Waals surface area contributed by atoms with Gasteiger partial charge in [0, 0.05) is 37.5 Å². The zero-order chi connectivity index (χ0) is 23.8. The Morgan fingerprint density at radius 2 is 1.94 bits per heavy atom. The van der Waals surface area contributed by atoms with Gasteiger partial charge in [0.25, 0.3) is 0 Å². The zero-order valence-electron chi connectivity index (χ0n) is 19.0. The van der Waals surface area contributed by atoms with Crippen LogP contribution in [0.25, 0.3) is 10.2 Å². The Hall–Kier alpha value is -2.43. The molecule has 8 nitrogen and oxygen atoms in total. The van der Waals surface area contributed by atoms with E-state index >= 15 is 0 Å². The molecule has 1 atom stereocenters. The molecule has 0 radical (unpaired) electrons. The summed E-state index contributed by atoms with van der Waals surface area (Å²) >= 11 is 1.06. The zero-order valence-corrected chi connectivity index (χ0v) is 20.6. The summed E-state index contributed by atoms with van der Waals surface area (Å²) in [5, 5.41) is 3.01. The minimum absolute atomic E-state index is 0.000631. The van der Waals surface area contributed by atoms with Gasteiger partial charge in [-0.2, -0.15) is 4.31 Å². The van der Waals surface area contributed by atoms with Crippen LogP contribution in [-0.2, 0) is 21.2 Å². The van der Waals surface area contributed by atoms with Crippen LogP contribution in [0.5, 0.6) is 0 Å². The summed E-state index contributed by atoms with van der Waals surface area (Å²) in [7, 11) is -3.70. The van der Waals surface area contributed by atoms with Gasteiger partial charge in [-0.3, -0.25) is 14.2 Å². The molecule has 33 heavy (non-hydrogen) atoms. The number of aromatic nitrogens is 1. The van der Waals surface area contributed by atoms with Crippen molar-refractivity contribution in [3.63, 3.8) is 0 Å². The van der Waals surface area contributed by atoms with Crippen molar-refractivity contribution >= 4 is 37.5 Å². The van der Waals surface area contributed by atoms with Gasteiger partial charge in [0.1, 0.15) is 5.76 Å². The highest BCUT2D eigenvalue weighted by molar-refractivity contribution is 7.89. The highest BCUT2D eigenvalue weighted by Crippen LogP contribution is 2.28. The van der Waals surface area contributed by atoms with E-state index in [0.717, 1.165) is 22.6 Å². The average molecular weight is 492 g/mol. The Morgan fingerprint density at radius 3 is 2.58 bits per heavy atom. The molecule has 0 saturated carbocycles. The van der Waals surface area contributed by atoms with E-state index in [2.05, 4.69) is 5.32 Å². The third kappa shape index (κ3) is 4.92. The first-order chi connectivity index (χ1) is 15.7. The van der Waals surface area contributed by atoms with Crippen LogP contribution in [0.2, 0.25) is 0 Å². The van der Waals surface area contributed by atoms with Gasteiger partial charge in [0.2, 0.25) is 15.9 Å². The molecule has 1 aromatic carbocycles. The number of fused-ring (bicyclic) bond motifs is 1. The largest absolute Gasteiger partial charge is 0.469 e. The molecule has 10 heteroatoms. The summed E-state index contributed by atoms with van der Waals surface area (Å²) in [6, 6.07) is 8.49. The van der Waals surface area contributed by atoms with Gasteiger partial charge < -0.3 is 9.73 Å². The first-order valence-electron chi connectivity index (χ1n) is 11.1. The van der Waals surface area contributed by atoms with Crippen molar-refractivity contribution in [2.24, 2.45) is 5.92 Å². The topological polar surface area (TPSA) is 102 Å². The molecule has 0 spiro atoms. The van der Waals surface area contributed by atoms with Gasteiger partial charge in [-0.15, -0.1) is 0 Å². The van der Waals surface area contributed by atoms with Crippen molar-refractivity contribution in [3.05, 3.63) is 52.0 Å². The fourth-order valence-corrected chi connectivity index (χ4v) is 6.94. The third-order valence-corrected chi connectivity index (χ3v) is 8.85. The Balaban J connectivity index is 1.40. The van der Waals surface area contributed by atoms with E-state index < -0.39 is 10.0 Å². The smallest absolute Gasteiger partial charge is 0.308 e. The summed E-state index contributed by atoms with van der Waals surface area (Å²) in [5.41, 5.74) is 0.748. The standard InChI is InChI=1S/C23H29N3O5S2/c1-15(2)26-20-7-6-19(14-21(20)32-23(26)28)33(29,30)25-10-8-17(9-11-25)22(27)24-16(3)13-18-5-4-12-31-18/h4-7,12,14-17H,8-11,13H2,1-3H3,(H,24,27)/t16-/m0/s1. The van der Waals surface area contributed by atoms with Crippen LogP contribution in [0, 0.1) is 5.92 Å². The molecule has 3 aromatic rings. The lowest BCUT2D eigenvalue weighted by Gasteiger charge is -2.31. The van der Waals surface area contributed by atoms with Crippen molar-refractivity contribution in [2.75, 3.05) is 13.1 Å². The van der Waals surface area contributed by atoms with Crippen molar-refractivity contribution in [2.45, 2.75) is 57.0 Å². The Morgan fingerprint density at radius 1 is 1.21 bits per heavy atom. The monoisotopic (exact) mass is 491 g/mol. The number of amides is 1. The second-order valence-corrected chi connectivity index (χ2v) is 11.8. The van der Waals surface area contributed by atoms with Gasteiger partial charge in [0.05, 0.1) is 21.4 Å². The fourth-order valence-electron chi connectivity index (χ4n) is 4.32. The van der Waals surface area contributed by atoms with Gasteiger partial charge in [-0.25, -0.2) is 8.42 Å². The minimum atomic E-state index is -3.70. The van der Waals surface area contributed by atoms with Crippen LogP contribution in [0.4, 0.5) is 0 Å². The predicted molar refractivity (Wildman–Crippen MR) is 128 cm³/mol. The van der Waals surface area contributed by atoms with E-state index in [1.54, 1.807) is 29.0 Å². The minimum Gasteiger partial charge on any atom is -0.469 e. The van der Waals surface area contributed by atoms with Crippen LogP contribution in [-0.4, -0.2) is 42.3 Å². The predicted octanol–water partition coefficient (Wildman–Crippen LogP) is 3.39. The molecule has 178 valence electrons. The number of rotatable bonds is 7. The number of carbonyl (C=O) groups excluding carboxylic acids is 1. The van der Waals surface area contributed by atoms with Gasteiger partial charge >= 0.3 is 4.87 Å². The summed E-state index contributed by atoms with van der Waals surface area (Å²) < 4.78 is 35.5. The summed E-state index contributed by atoms with van der Waals surface area (Å²) in [6.07, 6.45) is 3.16. The Labute approximate surface area is 197 Å². The van der Waals surface area contributed by atoms with E-state index in [9.17, 15) is 18.0 Å². The number of furan rings is 1. The molecular formula is C23H29N3O5S2. The van der Waals surface area contributed by atoms with E-state index in [4.69, 9.17) is 4.42 Å². The van der Waals surface area contributed by atoms with Crippen LogP contribution < -0.4 is 10.2 Å². The quantitative estimate of drug-likeness (QED) is 0.546. The lowest BCUT2D eigenvalue weighted by Crippen LogP contribution is -2.45. The van der Waals surface area contributed by atoms with Crippen LogP contribution in [0.1, 0.15) is 45.4 Å². The summed E-state index contributed by atoms with van der Waals surface area (Å²) in [4.78, 5) is 25.0. The maximum Gasteiger partial charge on any atom is 0.308 e. The van der Waals surface area contributed by atoms with Gasteiger partial charge in [-0.1, -0.05) is 11.3 Å². The molecule has 1 aliphatic rings. The van der Waals surface area contributed by atoms with Gasteiger partial charge in [-0.05, 0) is 63.9 Å². The van der Waals surface area contributed by atoms with E-state index in [1.165, 1.54) is 4.31 Å². The Bertz CT molecular complexity index is 1280. The van der Waals surface area contributed by atoms with Crippen molar-refractivity contribution in [1.29, 1.82) is 0 Å².